The first kappa shape index (κ1) is 18.3. The van der Waals surface area contributed by atoms with Crippen LogP contribution < -0.4 is 0 Å². The second kappa shape index (κ2) is 10.1. The molecule has 0 N–H and O–H groups in total. The first-order valence-electron chi connectivity index (χ1n) is 6.79. The van der Waals surface area contributed by atoms with E-state index in [9.17, 15) is 0 Å². The Bertz CT molecular complexity index is 183. The highest BCUT2D eigenvalue weighted by Gasteiger charge is 2.39. The number of ether oxygens (including phenoxy) is 1. The monoisotopic (exact) mass is 294 g/mol. The van der Waals surface area contributed by atoms with Gasteiger partial charge in [0.25, 0.3) is 0 Å². The molecule has 0 amide bonds. The highest BCUT2D eigenvalue weighted by molar-refractivity contribution is 6.60. The molecule has 1 unspecified atom stereocenters. The maximum atomic E-state index is 5.80. The first-order chi connectivity index (χ1) is 8.26. The van der Waals surface area contributed by atoms with E-state index in [0.29, 0.717) is 25.9 Å². The minimum Gasteiger partial charge on any atom is -0.374 e. The van der Waals surface area contributed by atoms with Gasteiger partial charge in [-0.05, 0) is 44.6 Å². The third kappa shape index (κ3) is 7.01. The topological polar surface area (TPSA) is 40.2 Å². The lowest BCUT2D eigenvalue weighted by atomic mass is 10.2. The lowest BCUT2D eigenvalue weighted by molar-refractivity contribution is 0.0706. The van der Waals surface area contributed by atoms with Crippen LogP contribution in [0.5, 0.6) is 0 Å². The van der Waals surface area contributed by atoms with Crippen molar-refractivity contribution in [3.8, 4) is 0 Å². The third-order valence-electron chi connectivity index (χ3n) is 2.75. The van der Waals surface area contributed by atoms with Gasteiger partial charge in [-0.2, -0.15) is 0 Å². The van der Waals surface area contributed by atoms with E-state index < -0.39 is 8.80 Å². The van der Waals surface area contributed by atoms with Crippen molar-refractivity contribution in [1.29, 1.82) is 0 Å². The molecule has 6 heteroatoms. The molecule has 1 heterocycles. The van der Waals surface area contributed by atoms with E-state index in [1.807, 2.05) is 20.8 Å². The molecule has 0 bridgehead atoms. The molecule has 0 radical (unpaired) electrons. The fraction of sp³-hybridized carbons (Fsp3) is 1.00. The van der Waals surface area contributed by atoms with Crippen LogP contribution in [0, 0.1) is 0 Å². The fourth-order valence-corrected chi connectivity index (χ4v) is 4.63. The summed E-state index contributed by atoms with van der Waals surface area (Å²) in [4.78, 5) is 0. The van der Waals surface area contributed by atoms with Gasteiger partial charge in [-0.1, -0.05) is 6.42 Å². The Morgan fingerprint density at radius 1 is 1.00 bits per heavy atom. The number of rotatable bonds is 11. The Labute approximate surface area is 117 Å². The van der Waals surface area contributed by atoms with Crippen LogP contribution in [-0.2, 0) is 18.0 Å². The van der Waals surface area contributed by atoms with E-state index >= 15 is 0 Å². The average molecular weight is 295 g/mol. The van der Waals surface area contributed by atoms with Crippen molar-refractivity contribution in [2.75, 3.05) is 26.4 Å². The fourth-order valence-electron chi connectivity index (χ4n) is 1.95. The summed E-state index contributed by atoms with van der Waals surface area (Å²) in [6.45, 7) is 8.94. The molecule has 0 aromatic heterocycles. The maximum absolute atomic E-state index is 5.80. The standard InChI is InChI=1S/C12H26O4Si.H4Si/c1-4-14-17(15-5-2,16-6-3)10-8-7-9-12-11-13-12;/h12H,4-11H2,1-3H3;1H4. The molecule has 1 aliphatic rings. The summed E-state index contributed by atoms with van der Waals surface area (Å²) in [5, 5.41) is 0. The summed E-state index contributed by atoms with van der Waals surface area (Å²) >= 11 is 0. The number of hydrogen-bond acceptors (Lipinski definition) is 4. The minimum absolute atomic E-state index is 0. The van der Waals surface area contributed by atoms with Crippen molar-refractivity contribution in [3.63, 3.8) is 0 Å². The second-order valence-corrected chi connectivity index (χ2v) is 6.92. The molecule has 1 atom stereocenters. The van der Waals surface area contributed by atoms with Crippen molar-refractivity contribution in [3.05, 3.63) is 0 Å². The summed E-state index contributed by atoms with van der Waals surface area (Å²) in [5.41, 5.74) is 0. The zero-order valence-electron chi connectivity index (χ0n) is 11.4. The van der Waals surface area contributed by atoms with Crippen LogP contribution in [0.1, 0.15) is 40.0 Å². The molecule has 1 rings (SSSR count). The normalized spacial score (nSPS) is 18.5. The SMILES string of the molecule is CCO[Si](CCCCC1CO1)(OCC)OCC.[SiH4]. The molecule has 0 aliphatic carbocycles. The van der Waals surface area contributed by atoms with E-state index in [2.05, 4.69) is 0 Å². The highest BCUT2D eigenvalue weighted by atomic mass is 28.4. The van der Waals surface area contributed by atoms with Gasteiger partial charge >= 0.3 is 8.80 Å². The van der Waals surface area contributed by atoms with E-state index in [1.165, 1.54) is 6.42 Å². The minimum atomic E-state index is -2.39. The Morgan fingerprint density at radius 2 is 1.50 bits per heavy atom. The van der Waals surface area contributed by atoms with E-state index in [4.69, 9.17) is 18.0 Å². The van der Waals surface area contributed by atoms with Gasteiger partial charge in [0.05, 0.1) is 12.7 Å². The maximum Gasteiger partial charge on any atom is 0.500 e. The lowest BCUT2D eigenvalue weighted by Gasteiger charge is -2.28. The smallest absolute Gasteiger partial charge is 0.374 e. The molecule has 1 aliphatic heterocycles. The predicted octanol–water partition coefficient (Wildman–Crippen LogP) is 1.15. The van der Waals surface area contributed by atoms with Crippen LogP contribution in [0.15, 0.2) is 0 Å². The lowest BCUT2D eigenvalue weighted by Crippen LogP contribution is -2.45. The zero-order valence-corrected chi connectivity index (χ0v) is 12.4. The van der Waals surface area contributed by atoms with E-state index in [0.717, 1.165) is 25.5 Å². The van der Waals surface area contributed by atoms with Gasteiger partial charge < -0.3 is 18.0 Å². The van der Waals surface area contributed by atoms with Gasteiger partial charge in [0.1, 0.15) is 0 Å². The summed E-state index contributed by atoms with van der Waals surface area (Å²) in [7, 11) is -2.39. The first-order valence-corrected chi connectivity index (χ1v) is 8.73. The predicted molar refractivity (Wildman–Crippen MR) is 80.4 cm³/mol. The van der Waals surface area contributed by atoms with Gasteiger partial charge in [0, 0.05) is 25.9 Å². The Hall–Kier alpha value is 0.274. The van der Waals surface area contributed by atoms with Gasteiger partial charge in [-0.25, -0.2) is 0 Å². The van der Waals surface area contributed by atoms with E-state index in [-0.39, 0.29) is 11.0 Å². The molecule has 0 spiro atoms. The molecule has 1 fully saturated rings. The van der Waals surface area contributed by atoms with E-state index in [1.54, 1.807) is 0 Å². The number of unbranched alkanes of at least 4 members (excludes halogenated alkanes) is 1. The quantitative estimate of drug-likeness (QED) is 0.326. The van der Waals surface area contributed by atoms with Gasteiger partial charge in [-0.15, -0.1) is 0 Å². The highest BCUT2D eigenvalue weighted by Crippen LogP contribution is 2.22. The second-order valence-electron chi connectivity index (χ2n) is 4.18. The number of hydrogen-bond donors (Lipinski definition) is 0. The molecule has 0 aromatic carbocycles. The van der Waals surface area contributed by atoms with Crippen LogP contribution in [-0.4, -0.2) is 52.3 Å². The number of epoxide rings is 1. The molecular formula is C12H30O4Si2. The van der Waals surface area contributed by atoms with Crippen LogP contribution in [0.4, 0.5) is 0 Å². The zero-order chi connectivity index (χ0) is 12.6. The van der Waals surface area contributed by atoms with Crippen LogP contribution in [0.3, 0.4) is 0 Å². The van der Waals surface area contributed by atoms with Crippen molar-refractivity contribution in [2.24, 2.45) is 0 Å². The Kier molecular flexibility index (Phi) is 10.3. The summed E-state index contributed by atoms with van der Waals surface area (Å²) in [6.07, 6.45) is 3.96. The van der Waals surface area contributed by atoms with Crippen LogP contribution >= 0.6 is 0 Å². The third-order valence-corrected chi connectivity index (χ3v) is 5.91. The van der Waals surface area contributed by atoms with Crippen LogP contribution in [0.25, 0.3) is 0 Å². The Morgan fingerprint density at radius 3 is 1.89 bits per heavy atom. The molecule has 4 nitrogen and oxygen atoms in total. The Balaban J connectivity index is 0.00000289. The van der Waals surface area contributed by atoms with Crippen molar-refractivity contribution >= 4 is 19.8 Å². The summed E-state index contributed by atoms with van der Waals surface area (Å²) < 4.78 is 22.6. The molecule has 0 aromatic rings. The van der Waals surface area contributed by atoms with Gasteiger partial charge in [0.15, 0.2) is 0 Å². The molecule has 110 valence electrons. The van der Waals surface area contributed by atoms with Crippen molar-refractivity contribution in [1.82, 2.24) is 0 Å². The van der Waals surface area contributed by atoms with Gasteiger partial charge in [0.2, 0.25) is 0 Å². The molecular weight excluding hydrogens is 264 g/mol. The van der Waals surface area contributed by atoms with Gasteiger partial charge in [-0.3, -0.25) is 0 Å². The molecule has 1 saturated heterocycles. The molecule has 18 heavy (non-hydrogen) atoms. The summed E-state index contributed by atoms with van der Waals surface area (Å²) in [6, 6.07) is 0.926. The average Bonchev–Trinajstić information content (AvgIpc) is 3.09. The van der Waals surface area contributed by atoms with Crippen molar-refractivity contribution in [2.45, 2.75) is 52.2 Å². The molecule has 0 saturated carbocycles. The summed E-state index contributed by atoms with van der Waals surface area (Å²) in [5.74, 6) is 0. The van der Waals surface area contributed by atoms with Crippen molar-refractivity contribution < 1.29 is 18.0 Å². The largest absolute Gasteiger partial charge is 0.500 e. The van der Waals surface area contributed by atoms with Crippen LogP contribution in [0.2, 0.25) is 6.04 Å².